The van der Waals surface area contributed by atoms with Crippen molar-refractivity contribution in [2.24, 2.45) is 0 Å². The fourth-order valence-corrected chi connectivity index (χ4v) is 3.18. The molecule has 4 rings (SSSR count). The third-order valence-electron chi connectivity index (χ3n) is 4.87. The normalized spacial score (nSPS) is 10.8. The monoisotopic (exact) mass is 371 g/mol. The number of aromatic nitrogens is 2. The molecule has 2 aromatic heterocycles. The molecular formula is C23H21N3O2. The molecule has 140 valence electrons. The van der Waals surface area contributed by atoms with Crippen LogP contribution in [-0.4, -0.2) is 15.9 Å². The molecule has 0 saturated heterocycles. The first-order valence-electron chi connectivity index (χ1n) is 9.10. The van der Waals surface area contributed by atoms with Crippen LogP contribution in [-0.2, 0) is 0 Å². The molecule has 2 N–H and O–H groups in total. The van der Waals surface area contributed by atoms with Crippen molar-refractivity contribution in [2.45, 2.75) is 20.8 Å². The Labute approximate surface area is 163 Å². The first-order valence-corrected chi connectivity index (χ1v) is 9.10. The Kier molecular flexibility index (Phi) is 4.57. The predicted molar refractivity (Wildman–Crippen MR) is 111 cm³/mol. The zero-order valence-corrected chi connectivity index (χ0v) is 16.0. The van der Waals surface area contributed by atoms with Gasteiger partial charge >= 0.3 is 0 Å². The van der Waals surface area contributed by atoms with E-state index in [2.05, 4.69) is 22.2 Å². The molecule has 0 bridgehead atoms. The third-order valence-corrected chi connectivity index (χ3v) is 4.87. The van der Waals surface area contributed by atoms with Crippen LogP contribution in [0.4, 0.5) is 5.69 Å². The molecule has 2 aromatic carbocycles. The second kappa shape index (κ2) is 7.19. The Morgan fingerprint density at radius 1 is 1.07 bits per heavy atom. The van der Waals surface area contributed by atoms with E-state index in [-0.39, 0.29) is 5.91 Å². The molecule has 1 amide bonds. The van der Waals surface area contributed by atoms with E-state index in [1.54, 1.807) is 12.4 Å². The van der Waals surface area contributed by atoms with Gasteiger partial charge in [-0.05, 0) is 80.4 Å². The predicted octanol–water partition coefficient (Wildman–Crippen LogP) is 5.53. The van der Waals surface area contributed by atoms with Gasteiger partial charge in [0.05, 0.1) is 6.20 Å². The average Bonchev–Trinajstić information content (AvgIpc) is 2.98. The van der Waals surface area contributed by atoms with E-state index in [9.17, 15) is 4.79 Å². The highest BCUT2D eigenvalue weighted by Crippen LogP contribution is 2.27. The topological polar surface area (TPSA) is 67.0 Å². The van der Waals surface area contributed by atoms with Crippen molar-refractivity contribution in [3.63, 3.8) is 0 Å². The maximum Gasteiger partial charge on any atom is 0.255 e. The van der Waals surface area contributed by atoms with E-state index in [0.717, 1.165) is 39.2 Å². The van der Waals surface area contributed by atoms with E-state index < -0.39 is 0 Å². The summed E-state index contributed by atoms with van der Waals surface area (Å²) in [5, 5.41) is 4.03. The van der Waals surface area contributed by atoms with Gasteiger partial charge in [-0.15, -0.1) is 0 Å². The van der Waals surface area contributed by atoms with Gasteiger partial charge in [0.25, 0.3) is 5.91 Å². The molecule has 0 radical (unpaired) electrons. The number of hydrogen-bond donors (Lipinski definition) is 2. The number of carbonyl (C=O) groups is 1. The lowest BCUT2D eigenvalue weighted by Crippen LogP contribution is -2.11. The number of rotatable bonds is 4. The fourth-order valence-electron chi connectivity index (χ4n) is 3.18. The molecule has 0 aliphatic heterocycles. The van der Waals surface area contributed by atoms with Crippen molar-refractivity contribution in [2.75, 3.05) is 5.32 Å². The van der Waals surface area contributed by atoms with Crippen molar-refractivity contribution in [1.29, 1.82) is 0 Å². The minimum Gasteiger partial charge on any atom is -0.455 e. The van der Waals surface area contributed by atoms with E-state index >= 15 is 0 Å². The van der Waals surface area contributed by atoms with Crippen molar-refractivity contribution in [3.8, 4) is 11.5 Å². The molecule has 4 aromatic rings. The van der Waals surface area contributed by atoms with Crippen LogP contribution in [0.3, 0.4) is 0 Å². The Hall–Kier alpha value is -3.60. The Morgan fingerprint density at radius 2 is 1.93 bits per heavy atom. The number of ether oxygens (including phenoxy) is 1. The van der Waals surface area contributed by atoms with Gasteiger partial charge in [-0.1, -0.05) is 0 Å². The minimum atomic E-state index is -0.138. The SMILES string of the molecule is Cc1cc(NC(=O)c2ccc3[nH]c(C)c(C)c3c2)ccc1Oc1cccnc1. The second-order valence-electron chi connectivity index (χ2n) is 6.86. The van der Waals surface area contributed by atoms with Gasteiger partial charge in [-0.2, -0.15) is 0 Å². The third kappa shape index (κ3) is 3.47. The first-order chi connectivity index (χ1) is 13.5. The number of nitrogens with one attached hydrogen (secondary N) is 2. The number of hydrogen-bond acceptors (Lipinski definition) is 3. The number of amides is 1. The van der Waals surface area contributed by atoms with Crippen LogP contribution in [0.15, 0.2) is 60.9 Å². The highest BCUT2D eigenvalue weighted by molar-refractivity contribution is 6.06. The standard InChI is InChI=1S/C23H21N3O2/c1-14-11-18(7-9-22(14)28-19-5-4-10-24-13-19)26-23(27)17-6-8-21-20(12-17)15(2)16(3)25-21/h4-13,25H,1-3H3,(H,26,27). The number of carbonyl (C=O) groups excluding carboxylic acids is 1. The number of fused-ring (bicyclic) bond motifs is 1. The van der Waals surface area contributed by atoms with Gasteiger partial charge < -0.3 is 15.0 Å². The summed E-state index contributed by atoms with van der Waals surface area (Å²) < 4.78 is 5.84. The summed E-state index contributed by atoms with van der Waals surface area (Å²) in [6.45, 7) is 6.03. The summed E-state index contributed by atoms with van der Waals surface area (Å²) in [4.78, 5) is 20.1. The Bertz CT molecular complexity index is 1160. The second-order valence-corrected chi connectivity index (χ2v) is 6.86. The molecule has 0 atom stereocenters. The van der Waals surface area contributed by atoms with E-state index in [1.807, 2.05) is 62.4 Å². The maximum atomic E-state index is 12.7. The zero-order chi connectivity index (χ0) is 19.7. The molecule has 0 spiro atoms. The van der Waals surface area contributed by atoms with E-state index in [4.69, 9.17) is 4.74 Å². The van der Waals surface area contributed by atoms with Crippen molar-refractivity contribution < 1.29 is 9.53 Å². The van der Waals surface area contributed by atoms with Crippen molar-refractivity contribution in [1.82, 2.24) is 9.97 Å². The number of benzene rings is 2. The first kappa shape index (κ1) is 17.8. The molecule has 5 nitrogen and oxygen atoms in total. The van der Waals surface area contributed by atoms with Gasteiger partial charge in [-0.3, -0.25) is 9.78 Å². The highest BCUT2D eigenvalue weighted by Gasteiger charge is 2.11. The highest BCUT2D eigenvalue weighted by atomic mass is 16.5. The van der Waals surface area contributed by atoms with Gasteiger partial charge in [0, 0.05) is 34.0 Å². The van der Waals surface area contributed by atoms with Crippen LogP contribution in [0.25, 0.3) is 10.9 Å². The molecule has 28 heavy (non-hydrogen) atoms. The van der Waals surface area contributed by atoms with Crippen LogP contribution < -0.4 is 10.1 Å². The van der Waals surface area contributed by atoms with Gasteiger partial charge in [0.1, 0.15) is 11.5 Å². The number of pyridine rings is 1. The van der Waals surface area contributed by atoms with Crippen LogP contribution in [0, 0.1) is 20.8 Å². The molecule has 0 aliphatic rings. The molecule has 0 fully saturated rings. The lowest BCUT2D eigenvalue weighted by Gasteiger charge is -2.11. The average molecular weight is 371 g/mol. The summed E-state index contributed by atoms with van der Waals surface area (Å²) in [6, 6.07) is 15.0. The molecule has 5 heteroatoms. The Balaban J connectivity index is 1.53. The van der Waals surface area contributed by atoms with Crippen LogP contribution >= 0.6 is 0 Å². The van der Waals surface area contributed by atoms with Crippen LogP contribution in [0.2, 0.25) is 0 Å². The quantitative estimate of drug-likeness (QED) is 0.495. The van der Waals surface area contributed by atoms with E-state index in [0.29, 0.717) is 11.3 Å². The maximum absolute atomic E-state index is 12.7. The number of aryl methyl sites for hydroxylation is 3. The summed E-state index contributed by atoms with van der Waals surface area (Å²) >= 11 is 0. The molecule has 2 heterocycles. The fraction of sp³-hybridized carbons (Fsp3) is 0.130. The summed E-state index contributed by atoms with van der Waals surface area (Å²) in [6.07, 6.45) is 3.36. The van der Waals surface area contributed by atoms with Crippen molar-refractivity contribution >= 4 is 22.5 Å². The summed E-state index contributed by atoms with van der Waals surface area (Å²) in [7, 11) is 0. The molecular weight excluding hydrogens is 350 g/mol. The molecule has 0 unspecified atom stereocenters. The Morgan fingerprint density at radius 3 is 2.68 bits per heavy atom. The summed E-state index contributed by atoms with van der Waals surface area (Å²) in [5.74, 6) is 1.26. The van der Waals surface area contributed by atoms with Crippen LogP contribution in [0.5, 0.6) is 11.5 Å². The molecule has 0 saturated carbocycles. The van der Waals surface area contributed by atoms with Crippen LogP contribution in [0.1, 0.15) is 27.2 Å². The van der Waals surface area contributed by atoms with Gasteiger partial charge in [0.15, 0.2) is 0 Å². The largest absolute Gasteiger partial charge is 0.455 e. The lowest BCUT2D eigenvalue weighted by molar-refractivity contribution is 0.102. The number of aromatic amines is 1. The molecule has 0 aliphatic carbocycles. The smallest absolute Gasteiger partial charge is 0.255 e. The lowest BCUT2D eigenvalue weighted by atomic mass is 10.1. The van der Waals surface area contributed by atoms with Gasteiger partial charge in [0.2, 0.25) is 0 Å². The number of H-pyrrole nitrogens is 1. The number of nitrogens with zero attached hydrogens (tertiary/aromatic N) is 1. The van der Waals surface area contributed by atoms with Crippen molar-refractivity contribution in [3.05, 3.63) is 83.3 Å². The minimum absolute atomic E-state index is 0.138. The number of anilines is 1. The van der Waals surface area contributed by atoms with E-state index in [1.165, 1.54) is 0 Å². The summed E-state index contributed by atoms with van der Waals surface area (Å²) in [5.41, 5.74) is 5.60. The zero-order valence-electron chi connectivity index (χ0n) is 16.0. The van der Waals surface area contributed by atoms with Gasteiger partial charge in [-0.25, -0.2) is 0 Å².